The lowest BCUT2D eigenvalue weighted by atomic mass is 9.52. The first kappa shape index (κ1) is 14.1. The van der Waals surface area contributed by atoms with Gasteiger partial charge in [-0.15, -0.1) is 11.3 Å². The summed E-state index contributed by atoms with van der Waals surface area (Å²) in [7, 11) is 0. The van der Waals surface area contributed by atoms with Gasteiger partial charge in [0.1, 0.15) is 10.2 Å². The van der Waals surface area contributed by atoms with E-state index in [1.54, 1.807) is 11.3 Å². The van der Waals surface area contributed by atoms with Gasteiger partial charge >= 0.3 is 5.63 Å². The molecule has 24 heavy (non-hydrogen) atoms. The second kappa shape index (κ2) is 4.94. The third kappa shape index (κ3) is 1.89. The monoisotopic (exact) mass is 341 g/mol. The maximum absolute atomic E-state index is 12.8. The van der Waals surface area contributed by atoms with Crippen LogP contribution in [-0.2, 0) is 12.8 Å². The predicted octanol–water partition coefficient (Wildman–Crippen LogP) is 4.67. The maximum Gasteiger partial charge on any atom is 0.348 e. The van der Waals surface area contributed by atoms with Gasteiger partial charge in [-0.25, -0.2) is 9.78 Å². The van der Waals surface area contributed by atoms with Crippen LogP contribution >= 0.6 is 11.3 Å². The molecule has 0 aliphatic heterocycles. The van der Waals surface area contributed by atoms with Crippen LogP contribution in [0.25, 0.3) is 10.2 Å². The van der Waals surface area contributed by atoms with Gasteiger partial charge in [0.05, 0.1) is 0 Å². The molecule has 0 radical (unpaired) electrons. The molecule has 4 bridgehead atoms. The van der Waals surface area contributed by atoms with Gasteiger partial charge in [0.15, 0.2) is 0 Å². The standard InChI is InChI=1S/C20H23NO2S/c22-20-17-14-3-1-2-4-15(14)24-19(17)21-18(23-20)16-12-6-10-5-11(8-12)9-13(16)7-10/h10-13,16H,1-9H2. The van der Waals surface area contributed by atoms with Crippen LogP contribution in [0.3, 0.4) is 0 Å². The van der Waals surface area contributed by atoms with Crippen molar-refractivity contribution >= 4 is 21.6 Å². The van der Waals surface area contributed by atoms with Crippen LogP contribution in [0.4, 0.5) is 0 Å². The van der Waals surface area contributed by atoms with Crippen molar-refractivity contribution in [3.05, 3.63) is 26.8 Å². The Morgan fingerprint density at radius 1 is 0.958 bits per heavy atom. The zero-order valence-electron chi connectivity index (χ0n) is 13.9. The van der Waals surface area contributed by atoms with Crippen molar-refractivity contribution in [2.24, 2.45) is 23.7 Å². The lowest BCUT2D eigenvalue weighted by Crippen LogP contribution is -2.44. The summed E-state index contributed by atoms with van der Waals surface area (Å²) in [6, 6.07) is 0. The van der Waals surface area contributed by atoms with E-state index in [2.05, 4.69) is 0 Å². The molecule has 0 saturated heterocycles. The van der Waals surface area contributed by atoms with Gasteiger partial charge in [-0.3, -0.25) is 0 Å². The highest BCUT2D eigenvalue weighted by atomic mass is 32.1. The zero-order chi connectivity index (χ0) is 15.8. The number of rotatable bonds is 1. The molecule has 2 heterocycles. The molecule has 2 aromatic heterocycles. The van der Waals surface area contributed by atoms with Gasteiger partial charge in [-0.05, 0) is 87.0 Å². The zero-order valence-corrected chi connectivity index (χ0v) is 14.7. The van der Waals surface area contributed by atoms with Gasteiger partial charge in [-0.1, -0.05) is 0 Å². The summed E-state index contributed by atoms with van der Waals surface area (Å²) in [5.74, 6) is 4.49. The molecule has 3 nitrogen and oxygen atoms in total. The molecule has 4 heteroatoms. The summed E-state index contributed by atoms with van der Waals surface area (Å²) in [5, 5.41) is 0.808. The summed E-state index contributed by atoms with van der Waals surface area (Å²) in [5.41, 5.74) is 1.14. The van der Waals surface area contributed by atoms with Crippen LogP contribution in [0.2, 0.25) is 0 Å². The fraction of sp³-hybridized carbons (Fsp3) is 0.700. The lowest BCUT2D eigenvalue weighted by Gasteiger charge is -2.53. The first-order valence-electron chi connectivity index (χ1n) is 9.71. The van der Waals surface area contributed by atoms with Crippen molar-refractivity contribution in [3.8, 4) is 0 Å². The van der Waals surface area contributed by atoms with Gasteiger partial charge in [0.25, 0.3) is 0 Å². The number of hydrogen-bond acceptors (Lipinski definition) is 4. The number of nitrogens with zero attached hydrogens (tertiary/aromatic N) is 1. The lowest BCUT2D eigenvalue weighted by molar-refractivity contribution is -0.0125. The third-order valence-electron chi connectivity index (χ3n) is 7.28. The van der Waals surface area contributed by atoms with E-state index >= 15 is 0 Å². The molecular weight excluding hydrogens is 318 g/mol. The number of thiophene rings is 1. The second-order valence-electron chi connectivity index (χ2n) is 8.69. The molecule has 0 spiro atoms. The molecule has 0 unspecified atom stereocenters. The molecule has 4 fully saturated rings. The van der Waals surface area contributed by atoms with Crippen LogP contribution in [0.15, 0.2) is 9.21 Å². The molecule has 0 N–H and O–H groups in total. The number of fused-ring (bicyclic) bond motifs is 3. The average Bonchev–Trinajstić information content (AvgIpc) is 2.92. The quantitative estimate of drug-likeness (QED) is 0.757. The molecule has 4 saturated carbocycles. The van der Waals surface area contributed by atoms with Gasteiger partial charge in [0, 0.05) is 10.8 Å². The van der Waals surface area contributed by atoms with E-state index in [1.165, 1.54) is 55.4 Å². The summed E-state index contributed by atoms with van der Waals surface area (Å²) in [6.45, 7) is 0. The molecule has 7 rings (SSSR count). The molecule has 5 aliphatic rings. The highest BCUT2D eigenvalue weighted by Gasteiger charge is 2.50. The molecule has 0 amide bonds. The Morgan fingerprint density at radius 3 is 2.42 bits per heavy atom. The molecule has 0 aromatic carbocycles. The largest absolute Gasteiger partial charge is 0.407 e. The van der Waals surface area contributed by atoms with E-state index in [0.29, 0.717) is 17.8 Å². The molecule has 0 atom stereocenters. The van der Waals surface area contributed by atoms with E-state index in [4.69, 9.17) is 9.40 Å². The minimum absolute atomic E-state index is 0.108. The Balaban J connectivity index is 1.48. The van der Waals surface area contributed by atoms with Crippen molar-refractivity contribution in [1.82, 2.24) is 4.98 Å². The normalized spacial score (nSPS) is 37.1. The van der Waals surface area contributed by atoms with Crippen molar-refractivity contribution in [1.29, 1.82) is 0 Å². The highest BCUT2D eigenvalue weighted by Crippen LogP contribution is 2.59. The average molecular weight is 341 g/mol. The minimum Gasteiger partial charge on any atom is -0.407 e. The molecular formula is C20H23NO2S. The smallest absolute Gasteiger partial charge is 0.348 e. The Kier molecular flexibility index (Phi) is 2.89. The number of aryl methyl sites for hydroxylation is 2. The fourth-order valence-electron chi connectivity index (χ4n) is 6.58. The Hall–Kier alpha value is -1.16. The van der Waals surface area contributed by atoms with E-state index < -0.39 is 0 Å². The van der Waals surface area contributed by atoms with Gasteiger partial charge < -0.3 is 4.42 Å². The summed E-state index contributed by atoms with van der Waals surface area (Å²) in [6.07, 6.45) is 11.4. The molecule has 126 valence electrons. The maximum atomic E-state index is 12.8. The van der Waals surface area contributed by atoms with Crippen LogP contribution in [0.5, 0.6) is 0 Å². The topological polar surface area (TPSA) is 43.1 Å². The first-order valence-corrected chi connectivity index (χ1v) is 10.5. The SMILES string of the molecule is O=c1oc(C2C3CC4CC(C3)CC2C4)nc2sc3c(c12)CCCC3. The predicted molar refractivity (Wildman–Crippen MR) is 94.6 cm³/mol. The van der Waals surface area contributed by atoms with E-state index in [1.807, 2.05) is 0 Å². The minimum atomic E-state index is -0.108. The van der Waals surface area contributed by atoms with E-state index in [9.17, 15) is 4.79 Å². The summed E-state index contributed by atoms with van der Waals surface area (Å²) < 4.78 is 5.88. The Morgan fingerprint density at radius 2 is 1.67 bits per heavy atom. The summed E-state index contributed by atoms with van der Waals surface area (Å²) in [4.78, 5) is 20.1. The highest BCUT2D eigenvalue weighted by molar-refractivity contribution is 7.18. The summed E-state index contributed by atoms with van der Waals surface area (Å²) >= 11 is 1.76. The second-order valence-corrected chi connectivity index (χ2v) is 9.77. The van der Waals surface area contributed by atoms with Crippen LogP contribution in [0.1, 0.15) is 67.2 Å². The molecule has 5 aliphatic carbocycles. The van der Waals surface area contributed by atoms with Crippen molar-refractivity contribution in [2.45, 2.75) is 63.7 Å². The van der Waals surface area contributed by atoms with Crippen molar-refractivity contribution in [2.75, 3.05) is 0 Å². The number of aromatic nitrogens is 1. The van der Waals surface area contributed by atoms with Crippen molar-refractivity contribution in [3.63, 3.8) is 0 Å². The fourth-order valence-corrected chi connectivity index (χ4v) is 7.83. The van der Waals surface area contributed by atoms with Gasteiger partial charge in [0.2, 0.25) is 5.89 Å². The molecule has 2 aromatic rings. The Bertz CT molecular complexity index is 852. The van der Waals surface area contributed by atoms with Gasteiger partial charge in [-0.2, -0.15) is 0 Å². The van der Waals surface area contributed by atoms with E-state index in [-0.39, 0.29) is 5.63 Å². The van der Waals surface area contributed by atoms with Crippen LogP contribution in [-0.4, -0.2) is 4.98 Å². The van der Waals surface area contributed by atoms with Crippen molar-refractivity contribution < 1.29 is 4.42 Å². The van der Waals surface area contributed by atoms with Crippen LogP contribution in [0, 0.1) is 23.7 Å². The van der Waals surface area contributed by atoms with Crippen LogP contribution < -0.4 is 5.63 Å². The Labute approximate surface area is 145 Å². The first-order chi connectivity index (χ1) is 11.8. The van der Waals surface area contributed by atoms with E-state index in [0.717, 1.165) is 40.8 Å². The third-order valence-corrected chi connectivity index (χ3v) is 8.46. The number of hydrogen-bond donors (Lipinski definition) is 0.